The Kier molecular flexibility index (Phi) is 8.84. The van der Waals surface area contributed by atoms with Gasteiger partial charge in [0.2, 0.25) is 0 Å². The highest BCUT2D eigenvalue weighted by atomic mass is 16.5. The Balaban J connectivity index is 1.80. The number of fused-ring (bicyclic) bond motifs is 1. The summed E-state index contributed by atoms with van der Waals surface area (Å²) in [6.07, 6.45) is 1.85. The van der Waals surface area contributed by atoms with E-state index in [4.69, 9.17) is 25.4 Å². The summed E-state index contributed by atoms with van der Waals surface area (Å²) in [5, 5.41) is 0.908. The monoisotopic (exact) mass is 525 g/mol. The normalized spacial score (nSPS) is 12.4. The van der Waals surface area contributed by atoms with Gasteiger partial charge in [-0.3, -0.25) is 9.79 Å². The van der Waals surface area contributed by atoms with E-state index in [1.807, 2.05) is 50.2 Å². The first kappa shape index (κ1) is 27.7. The Bertz CT molecular complexity index is 1540. The number of ether oxygens (including phenoxy) is 2. The molecular weight excluding hydrogens is 490 g/mol. The van der Waals surface area contributed by atoms with E-state index >= 15 is 0 Å². The van der Waals surface area contributed by atoms with Crippen LogP contribution in [-0.4, -0.2) is 25.3 Å². The van der Waals surface area contributed by atoms with Crippen molar-refractivity contribution >= 4 is 28.2 Å². The van der Waals surface area contributed by atoms with Crippen molar-refractivity contribution in [3.8, 4) is 16.9 Å². The molecule has 1 heterocycles. The van der Waals surface area contributed by atoms with Crippen LogP contribution in [0.2, 0.25) is 0 Å². The van der Waals surface area contributed by atoms with Crippen LogP contribution in [0, 0.1) is 0 Å². The van der Waals surface area contributed by atoms with Gasteiger partial charge in [-0.25, -0.2) is 0 Å². The number of para-hydroxylation sites is 1. The fourth-order valence-electron chi connectivity index (χ4n) is 4.65. The molecule has 0 aliphatic carbocycles. The lowest BCUT2D eigenvalue weighted by Crippen LogP contribution is -2.09. The molecule has 4 aromatic rings. The van der Waals surface area contributed by atoms with Crippen molar-refractivity contribution in [2.45, 2.75) is 40.3 Å². The number of rotatable bonds is 10. The van der Waals surface area contributed by atoms with Crippen molar-refractivity contribution in [2.75, 3.05) is 13.7 Å². The lowest BCUT2D eigenvalue weighted by Gasteiger charge is -2.14. The molecule has 0 saturated carbocycles. The maximum absolute atomic E-state index is 12.1. The maximum atomic E-state index is 12.1. The van der Waals surface area contributed by atoms with E-state index in [1.54, 1.807) is 20.2 Å². The molecule has 0 aliphatic rings. The van der Waals surface area contributed by atoms with Crippen molar-refractivity contribution in [2.24, 2.45) is 16.5 Å². The number of allylic oxidation sites excluding steroid dienone is 2. The van der Waals surface area contributed by atoms with E-state index < -0.39 is 0 Å². The zero-order valence-electron chi connectivity index (χ0n) is 22.9. The molecule has 0 fully saturated rings. The first-order valence-electron chi connectivity index (χ1n) is 13.0. The molecule has 0 unspecified atom stereocenters. The zero-order valence-corrected chi connectivity index (χ0v) is 22.9. The number of hydrogen-bond donors (Lipinski definition) is 2. The summed E-state index contributed by atoms with van der Waals surface area (Å²) in [4.78, 5) is 16.5. The molecule has 0 atom stereocenters. The quantitative estimate of drug-likeness (QED) is 0.193. The molecule has 4 N–H and O–H groups in total. The molecule has 0 saturated heterocycles. The average Bonchev–Trinajstić information content (AvgIpc) is 3.35. The van der Waals surface area contributed by atoms with Crippen LogP contribution < -0.4 is 16.2 Å². The Hall–Kier alpha value is -4.36. The van der Waals surface area contributed by atoms with Crippen LogP contribution in [0.1, 0.15) is 43.0 Å². The predicted octanol–water partition coefficient (Wildman–Crippen LogP) is 6.02. The molecule has 39 heavy (non-hydrogen) atoms. The molecule has 3 aromatic carbocycles. The largest absolute Gasteiger partial charge is 0.488 e. The van der Waals surface area contributed by atoms with Gasteiger partial charge in [0.05, 0.1) is 19.3 Å². The minimum Gasteiger partial charge on any atom is -0.488 e. The second-order valence-electron chi connectivity index (χ2n) is 9.31. The summed E-state index contributed by atoms with van der Waals surface area (Å²) >= 11 is 0. The number of benzene rings is 3. The third-order valence-electron chi connectivity index (χ3n) is 6.61. The average molecular weight is 526 g/mol. The molecule has 7 nitrogen and oxygen atoms in total. The molecule has 0 aliphatic heterocycles. The number of furan rings is 1. The standard InChI is InChI=1S/C32H35N3O4/c1-5-37-30(36)16-24-10-6-7-12-29(24)38-18-26-19-39-32-27(26)14-25(23-11-8-9-22(13-23)17-33)15-28(32)31(20(2)34)21(3)35-4/h6-15,19H,5,16-18,33-34H2,1-4H3/b31-20+,35-21?. The van der Waals surface area contributed by atoms with Gasteiger partial charge in [-0.2, -0.15) is 0 Å². The van der Waals surface area contributed by atoms with Gasteiger partial charge in [-0.1, -0.05) is 36.4 Å². The minimum absolute atomic E-state index is 0.140. The lowest BCUT2D eigenvalue weighted by atomic mass is 9.92. The van der Waals surface area contributed by atoms with E-state index in [0.717, 1.165) is 50.1 Å². The molecule has 0 amide bonds. The highest BCUT2D eigenvalue weighted by Gasteiger charge is 2.20. The molecular formula is C32H35N3O4. The van der Waals surface area contributed by atoms with Crippen LogP contribution in [0.25, 0.3) is 27.7 Å². The van der Waals surface area contributed by atoms with E-state index in [1.165, 1.54) is 0 Å². The highest BCUT2D eigenvalue weighted by molar-refractivity contribution is 6.26. The van der Waals surface area contributed by atoms with Crippen molar-refractivity contribution < 1.29 is 18.7 Å². The Morgan fingerprint density at radius 1 is 1.00 bits per heavy atom. The Morgan fingerprint density at radius 3 is 2.51 bits per heavy atom. The summed E-state index contributed by atoms with van der Waals surface area (Å²) in [6.45, 7) is 6.63. The molecule has 202 valence electrons. The summed E-state index contributed by atoms with van der Waals surface area (Å²) in [7, 11) is 1.75. The summed E-state index contributed by atoms with van der Waals surface area (Å²) in [5.41, 5.74) is 20.9. The first-order valence-corrected chi connectivity index (χ1v) is 13.0. The van der Waals surface area contributed by atoms with Crippen molar-refractivity contribution in [3.63, 3.8) is 0 Å². The number of nitrogens with zero attached hydrogens (tertiary/aromatic N) is 1. The van der Waals surface area contributed by atoms with E-state index in [2.05, 4.69) is 29.3 Å². The lowest BCUT2D eigenvalue weighted by molar-refractivity contribution is -0.142. The zero-order chi connectivity index (χ0) is 27.9. The number of carbonyl (C=O) groups is 1. The predicted molar refractivity (Wildman–Crippen MR) is 156 cm³/mol. The van der Waals surface area contributed by atoms with Gasteiger partial charge in [0.15, 0.2) is 0 Å². The van der Waals surface area contributed by atoms with Gasteiger partial charge in [-0.15, -0.1) is 0 Å². The maximum Gasteiger partial charge on any atom is 0.310 e. The number of hydrogen-bond acceptors (Lipinski definition) is 7. The first-order chi connectivity index (χ1) is 18.9. The fraction of sp³-hybridized carbons (Fsp3) is 0.250. The molecule has 4 rings (SSSR count). The Labute approximate surface area is 229 Å². The van der Waals surface area contributed by atoms with Crippen LogP contribution in [-0.2, 0) is 29.1 Å². The van der Waals surface area contributed by atoms with Crippen LogP contribution in [0.4, 0.5) is 0 Å². The number of nitrogens with two attached hydrogens (primary N) is 2. The second-order valence-corrected chi connectivity index (χ2v) is 9.31. The molecule has 1 aromatic heterocycles. The highest BCUT2D eigenvalue weighted by Crippen LogP contribution is 2.36. The number of aliphatic imine (C=N–C) groups is 1. The van der Waals surface area contributed by atoms with Gasteiger partial charge in [0, 0.05) is 52.7 Å². The molecule has 7 heteroatoms. The van der Waals surface area contributed by atoms with E-state index in [9.17, 15) is 4.79 Å². The van der Waals surface area contributed by atoms with Gasteiger partial charge >= 0.3 is 5.97 Å². The van der Waals surface area contributed by atoms with E-state index in [0.29, 0.717) is 30.2 Å². The van der Waals surface area contributed by atoms with Crippen LogP contribution >= 0.6 is 0 Å². The summed E-state index contributed by atoms with van der Waals surface area (Å²) in [6, 6.07) is 19.8. The van der Waals surface area contributed by atoms with Gasteiger partial charge in [0.1, 0.15) is 17.9 Å². The third-order valence-corrected chi connectivity index (χ3v) is 6.61. The van der Waals surface area contributed by atoms with E-state index in [-0.39, 0.29) is 19.0 Å². The topological polar surface area (TPSA) is 113 Å². The minimum atomic E-state index is -0.291. The second kappa shape index (κ2) is 12.5. The van der Waals surface area contributed by atoms with Crippen LogP contribution in [0.3, 0.4) is 0 Å². The summed E-state index contributed by atoms with van der Waals surface area (Å²) in [5.74, 6) is 0.333. The molecule has 0 radical (unpaired) electrons. The third kappa shape index (κ3) is 6.21. The number of esters is 1. The number of carbonyl (C=O) groups excluding carboxylic acids is 1. The van der Waals surface area contributed by atoms with Gasteiger partial charge < -0.3 is 25.4 Å². The molecule has 0 bridgehead atoms. The summed E-state index contributed by atoms with van der Waals surface area (Å²) < 4.78 is 17.5. The van der Waals surface area contributed by atoms with Crippen LogP contribution in [0.5, 0.6) is 5.75 Å². The fourth-order valence-corrected chi connectivity index (χ4v) is 4.65. The van der Waals surface area contributed by atoms with Crippen LogP contribution in [0.15, 0.2) is 82.0 Å². The van der Waals surface area contributed by atoms with Crippen molar-refractivity contribution in [3.05, 3.63) is 94.9 Å². The van der Waals surface area contributed by atoms with Gasteiger partial charge in [0.25, 0.3) is 0 Å². The van der Waals surface area contributed by atoms with Gasteiger partial charge in [-0.05, 0) is 61.7 Å². The smallest absolute Gasteiger partial charge is 0.310 e. The van der Waals surface area contributed by atoms with Crippen molar-refractivity contribution in [1.82, 2.24) is 0 Å². The Morgan fingerprint density at radius 2 is 1.79 bits per heavy atom. The van der Waals surface area contributed by atoms with Crippen molar-refractivity contribution in [1.29, 1.82) is 0 Å². The SMILES string of the molecule is CCOC(=O)Cc1ccccc1OCc1coc2c(/C(C(C)=NC)=C(\C)N)cc(-c3cccc(CN)c3)cc12. The molecule has 0 spiro atoms.